The summed E-state index contributed by atoms with van der Waals surface area (Å²) in [5, 5.41) is 9.85. The summed E-state index contributed by atoms with van der Waals surface area (Å²) in [5.41, 5.74) is 3.83. The van der Waals surface area contributed by atoms with Crippen molar-refractivity contribution in [2.24, 2.45) is 5.92 Å². The van der Waals surface area contributed by atoms with Crippen LogP contribution in [0.3, 0.4) is 0 Å². The lowest BCUT2D eigenvalue weighted by Gasteiger charge is -2.17. The zero-order valence-corrected chi connectivity index (χ0v) is 10.9. The summed E-state index contributed by atoms with van der Waals surface area (Å²) in [7, 11) is 0. The molecule has 0 bridgehead atoms. The van der Waals surface area contributed by atoms with E-state index in [1.54, 1.807) is 0 Å². The highest BCUT2D eigenvalue weighted by Gasteiger charge is 2.09. The fourth-order valence-corrected chi connectivity index (χ4v) is 1.80. The van der Waals surface area contributed by atoms with Crippen LogP contribution in [0.5, 0.6) is 0 Å². The topological polar surface area (TPSA) is 41.5 Å². The lowest BCUT2D eigenvalue weighted by Crippen LogP contribution is -2.29. The third-order valence-electron chi connectivity index (χ3n) is 2.54. The molecule has 0 fully saturated rings. The highest BCUT2D eigenvalue weighted by atomic mass is 16.6. The summed E-state index contributed by atoms with van der Waals surface area (Å²) >= 11 is 0. The average molecular weight is 237 g/mol. The monoisotopic (exact) mass is 237 g/mol. The molecule has 1 aromatic rings. The van der Waals surface area contributed by atoms with Gasteiger partial charge in [0.05, 0.1) is 6.61 Å². The Morgan fingerprint density at radius 1 is 1.18 bits per heavy atom. The van der Waals surface area contributed by atoms with E-state index in [9.17, 15) is 5.11 Å². The van der Waals surface area contributed by atoms with E-state index in [-0.39, 0.29) is 6.61 Å². The lowest BCUT2D eigenvalue weighted by atomic mass is 10.1. The van der Waals surface area contributed by atoms with Crippen molar-refractivity contribution in [2.45, 2.75) is 39.3 Å². The molecule has 0 unspecified atom stereocenters. The Morgan fingerprint density at radius 2 is 1.82 bits per heavy atom. The third-order valence-corrected chi connectivity index (χ3v) is 2.54. The summed E-state index contributed by atoms with van der Waals surface area (Å²) in [6, 6.07) is 9.84. The molecule has 0 saturated heterocycles. The highest BCUT2D eigenvalue weighted by molar-refractivity contribution is 5.17. The third kappa shape index (κ3) is 5.82. The van der Waals surface area contributed by atoms with Crippen molar-refractivity contribution in [2.75, 3.05) is 6.61 Å². The van der Waals surface area contributed by atoms with Crippen molar-refractivity contribution in [3.63, 3.8) is 0 Å². The van der Waals surface area contributed by atoms with Crippen molar-refractivity contribution in [3.8, 4) is 0 Å². The minimum Gasteiger partial charge on any atom is -0.386 e. The Kier molecular flexibility index (Phi) is 6.19. The first-order chi connectivity index (χ1) is 8.09. The van der Waals surface area contributed by atoms with Crippen LogP contribution in [0.2, 0.25) is 0 Å². The van der Waals surface area contributed by atoms with Crippen LogP contribution in [-0.4, -0.2) is 17.8 Å². The molecule has 96 valence electrons. The van der Waals surface area contributed by atoms with E-state index in [2.05, 4.69) is 26.3 Å². The smallest absolute Gasteiger partial charge is 0.104 e. The van der Waals surface area contributed by atoms with Gasteiger partial charge in [-0.05, 0) is 24.8 Å². The number of benzene rings is 1. The lowest BCUT2D eigenvalue weighted by molar-refractivity contribution is -0.0359. The molecule has 0 aromatic heterocycles. The average Bonchev–Trinajstić information content (AvgIpc) is 2.29. The number of aliphatic hydroxyl groups is 1. The molecule has 2 N–H and O–H groups in total. The van der Waals surface area contributed by atoms with Crippen LogP contribution in [0.1, 0.15) is 38.9 Å². The van der Waals surface area contributed by atoms with Gasteiger partial charge >= 0.3 is 0 Å². The van der Waals surface area contributed by atoms with Gasteiger partial charge in [0.15, 0.2) is 0 Å². The summed E-state index contributed by atoms with van der Waals surface area (Å²) in [6.45, 7) is 6.70. The number of hydrogen-bond donors (Lipinski definition) is 2. The van der Waals surface area contributed by atoms with Gasteiger partial charge in [-0.15, -0.1) is 0 Å². The zero-order valence-electron chi connectivity index (χ0n) is 10.9. The van der Waals surface area contributed by atoms with Gasteiger partial charge in [-0.3, -0.25) is 4.84 Å². The molecule has 0 aliphatic rings. The first kappa shape index (κ1) is 14.2. The second-order valence-electron chi connectivity index (χ2n) is 4.89. The second-order valence-corrected chi connectivity index (χ2v) is 4.89. The SMILES string of the molecule is CC(C)C[C@@H](C)NOC[C@@H](O)c1ccccc1. The van der Waals surface area contributed by atoms with E-state index < -0.39 is 6.10 Å². The molecule has 17 heavy (non-hydrogen) atoms. The molecular formula is C14H23NO2. The first-order valence-corrected chi connectivity index (χ1v) is 6.20. The molecule has 0 heterocycles. The van der Waals surface area contributed by atoms with Gasteiger partial charge in [0, 0.05) is 6.04 Å². The molecule has 1 aromatic carbocycles. The van der Waals surface area contributed by atoms with Gasteiger partial charge in [-0.1, -0.05) is 44.2 Å². The van der Waals surface area contributed by atoms with Crippen LogP contribution in [0.25, 0.3) is 0 Å². The molecule has 0 saturated carbocycles. The van der Waals surface area contributed by atoms with Crippen LogP contribution in [0, 0.1) is 5.92 Å². The Balaban J connectivity index is 2.23. The van der Waals surface area contributed by atoms with E-state index >= 15 is 0 Å². The van der Waals surface area contributed by atoms with Crippen molar-refractivity contribution in [1.29, 1.82) is 0 Å². The molecule has 0 aliphatic carbocycles. The molecule has 1 rings (SSSR count). The number of hydroxylamine groups is 1. The normalized spacial score (nSPS) is 14.9. The van der Waals surface area contributed by atoms with Crippen molar-refractivity contribution < 1.29 is 9.94 Å². The maximum atomic E-state index is 9.85. The maximum absolute atomic E-state index is 9.85. The summed E-state index contributed by atoms with van der Waals surface area (Å²) < 4.78 is 0. The molecular weight excluding hydrogens is 214 g/mol. The van der Waals surface area contributed by atoms with Gasteiger partial charge in [0.2, 0.25) is 0 Å². The number of rotatable bonds is 7. The molecule has 0 aliphatic heterocycles. The Bertz CT molecular complexity index is 300. The largest absolute Gasteiger partial charge is 0.386 e. The minimum atomic E-state index is -0.574. The second kappa shape index (κ2) is 7.43. The zero-order chi connectivity index (χ0) is 12.7. The predicted octanol–water partition coefficient (Wildman–Crippen LogP) is 2.68. The number of hydrogen-bond acceptors (Lipinski definition) is 3. The fraction of sp³-hybridized carbons (Fsp3) is 0.571. The Morgan fingerprint density at radius 3 is 2.41 bits per heavy atom. The van der Waals surface area contributed by atoms with E-state index in [0.717, 1.165) is 12.0 Å². The minimum absolute atomic E-state index is 0.270. The molecule has 3 heteroatoms. The number of aliphatic hydroxyl groups excluding tert-OH is 1. The molecule has 0 spiro atoms. The highest BCUT2D eigenvalue weighted by Crippen LogP contribution is 2.12. The van der Waals surface area contributed by atoms with Crippen LogP contribution in [0.15, 0.2) is 30.3 Å². The van der Waals surface area contributed by atoms with Crippen molar-refractivity contribution >= 4 is 0 Å². The molecule has 3 nitrogen and oxygen atoms in total. The Labute approximate surface area is 104 Å². The summed E-state index contributed by atoms with van der Waals surface area (Å²) in [6.07, 6.45) is 0.483. The van der Waals surface area contributed by atoms with Crippen molar-refractivity contribution in [3.05, 3.63) is 35.9 Å². The van der Waals surface area contributed by atoms with Gasteiger partial charge < -0.3 is 5.11 Å². The van der Waals surface area contributed by atoms with Crippen LogP contribution in [0.4, 0.5) is 0 Å². The van der Waals surface area contributed by atoms with Gasteiger partial charge in [0.25, 0.3) is 0 Å². The maximum Gasteiger partial charge on any atom is 0.104 e. The van der Waals surface area contributed by atoms with Gasteiger partial charge in [-0.2, -0.15) is 5.48 Å². The van der Waals surface area contributed by atoms with E-state index in [1.165, 1.54) is 0 Å². The van der Waals surface area contributed by atoms with Crippen LogP contribution in [-0.2, 0) is 4.84 Å². The van der Waals surface area contributed by atoms with E-state index in [1.807, 2.05) is 30.3 Å². The quantitative estimate of drug-likeness (QED) is 0.716. The molecule has 0 amide bonds. The van der Waals surface area contributed by atoms with Crippen molar-refractivity contribution in [1.82, 2.24) is 5.48 Å². The van der Waals surface area contributed by atoms with Gasteiger partial charge in [-0.25, -0.2) is 0 Å². The summed E-state index contributed by atoms with van der Waals surface area (Å²) in [4.78, 5) is 5.31. The van der Waals surface area contributed by atoms with E-state index in [0.29, 0.717) is 12.0 Å². The Hall–Kier alpha value is -0.900. The fourth-order valence-electron chi connectivity index (χ4n) is 1.80. The molecule has 0 radical (unpaired) electrons. The van der Waals surface area contributed by atoms with Crippen LogP contribution >= 0.6 is 0 Å². The van der Waals surface area contributed by atoms with Crippen LogP contribution < -0.4 is 5.48 Å². The predicted molar refractivity (Wildman–Crippen MR) is 69.4 cm³/mol. The summed E-state index contributed by atoms with van der Waals surface area (Å²) in [5.74, 6) is 0.639. The standard InChI is InChI=1S/C14H23NO2/c1-11(2)9-12(3)15-17-10-14(16)13-7-5-4-6-8-13/h4-8,11-12,14-16H,9-10H2,1-3H3/t12-,14-/m1/s1. The van der Waals surface area contributed by atoms with E-state index in [4.69, 9.17) is 4.84 Å². The first-order valence-electron chi connectivity index (χ1n) is 6.20. The molecule has 2 atom stereocenters. The van der Waals surface area contributed by atoms with Gasteiger partial charge in [0.1, 0.15) is 6.10 Å². The number of nitrogens with one attached hydrogen (secondary N) is 1.